The van der Waals surface area contributed by atoms with Crippen molar-refractivity contribution in [1.29, 1.82) is 0 Å². The van der Waals surface area contributed by atoms with Gasteiger partial charge in [-0.1, -0.05) is 39.0 Å². The van der Waals surface area contributed by atoms with Crippen LogP contribution in [0.2, 0.25) is 0 Å². The fraction of sp³-hybridized carbons (Fsp3) is 0.611. The van der Waals surface area contributed by atoms with Crippen molar-refractivity contribution in [2.75, 3.05) is 43.4 Å². The normalized spacial score (nSPS) is 16.7. The van der Waals surface area contributed by atoms with E-state index in [4.69, 9.17) is 0 Å². The van der Waals surface area contributed by atoms with Gasteiger partial charge in [-0.25, -0.2) is 8.42 Å². The Morgan fingerprint density at radius 3 is 2.24 bits per heavy atom. The number of piperazine rings is 1. The highest BCUT2D eigenvalue weighted by atomic mass is 32.2. The van der Waals surface area contributed by atoms with Crippen molar-refractivity contribution in [2.24, 2.45) is 5.41 Å². The van der Waals surface area contributed by atoms with E-state index in [1.54, 1.807) is 0 Å². The molecule has 1 aromatic carbocycles. The third-order valence-corrected chi connectivity index (χ3v) is 6.00. The SMILES string of the molecule is CC(C)(C)CC(=O)NCCS(=O)(=O)N1CCN(c2ccccc2)CC1. The zero-order valence-electron chi connectivity index (χ0n) is 15.4. The first-order valence-corrected chi connectivity index (χ1v) is 10.3. The molecule has 1 aliphatic rings. The molecule has 1 fully saturated rings. The Morgan fingerprint density at radius 2 is 1.68 bits per heavy atom. The minimum Gasteiger partial charge on any atom is -0.369 e. The predicted molar refractivity (Wildman–Crippen MR) is 101 cm³/mol. The predicted octanol–water partition coefficient (Wildman–Crippen LogP) is 1.69. The molecular weight excluding hydrogens is 338 g/mol. The Hall–Kier alpha value is -1.60. The molecule has 1 N–H and O–H groups in total. The highest BCUT2D eigenvalue weighted by molar-refractivity contribution is 7.89. The molecule has 1 aromatic rings. The molecule has 25 heavy (non-hydrogen) atoms. The molecule has 0 aromatic heterocycles. The summed E-state index contributed by atoms with van der Waals surface area (Å²) in [6, 6.07) is 10.0. The van der Waals surface area contributed by atoms with Gasteiger partial charge in [0, 0.05) is 44.8 Å². The number of anilines is 1. The maximum atomic E-state index is 12.5. The van der Waals surface area contributed by atoms with Crippen molar-refractivity contribution < 1.29 is 13.2 Å². The van der Waals surface area contributed by atoms with Crippen LogP contribution >= 0.6 is 0 Å². The molecule has 6 nitrogen and oxygen atoms in total. The summed E-state index contributed by atoms with van der Waals surface area (Å²) in [4.78, 5) is 14.0. The van der Waals surface area contributed by atoms with E-state index in [-0.39, 0.29) is 23.6 Å². The Morgan fingerprint density at radius 1 is 1.08 bits per heavy atom. The van der Waals surface area contributed by atoms with Gasteiger partial charge in [0.25, 0.3) is 0 Å². The van der Waals surface area contributed by atoms with Gasteiger partial charge in [-0.15, -0.1) is 0 Å². The molecular formula is C18H29N3O3S. The summed E-state index contributed by atoms with van der Waals surface area (Å²) < 4.78 is 26.4. The van der Waals surface area contributed by atoms with Crippen LogP contribution in [0.25, 0.3) is 0 Å². The van der Waals surface area contributed by atoms with Crippen LogP contribution in [0.5, 0.6) is 0 Å². The van der Waals surface area contributed by atoms with Crippen LogP contribution in [0.15, 0.2) is 30.3 Å². The third-order valence-electron chi connectivity index (χ3n) is 4.13. The summed E-state index contributed by atoms with van der Waals surface area (Å²) in [5.74, 6) is -0.148. The zero-order chi connectivity index (χ0) is 18.5. The molecule has 0 bridgehead atoms. The van der Waals surface area contributed by atoms with E-state index < -0.39 is 10.0 Å². The molecule has 1 saturated heterocycles. The number of nitrogens with one attached hydrogen (secondary N) is 1. The molecule has 1 amide bonds. The van der Waals surface area contributed by atoms with Crippen LogP contribution in [-0.2, 0) is 14.8 Å². The zero-order valence-corrected chi connectivity index (χ0v) is 16.2. The van der Waals surface area contributed by atoms with Crippen molar-refractivity contribution in [3.05, 3.63) is 30.3 Å². The number of nitrogens with zero attached hydrogens (tertiary/aromatic N) is 2. The second kappa shape index (κ2) is 8.19. The van der Waals surface area contributed by atoms with E-state index in [2.05, 4.69) is 10.2 Å². The van der Waals surface area contributed by atoms with Crippen LogP contribution in [0, 0.1) is 5.41 Å². The third kappa shape index (κ3) is 6.32. The number of hydrogen-bond donors (Lipinski definition) is 1. The summed E-state index contributed by atoms with van der Waals surface area (Å²) in [7, 11) is -3.34. The molecule has 140 valence electrons. The largest absolute Gasteiger partial charge is 0.369 e. The lowest BCUT2D eigenvalue weighted by molar-refractivity contribution is -0.122. The second-order valence-electron chi connectivity index (χ2n) is 7.63. The van der Waals surface area contributed by atoms with Gasteiger partial charge in [0.2, 0.25) is 15.9 Å². The molecule has 0 aliphatic carbocycles. The van der Waals surface area contributed by atoms with Crippen molar-refractivity contribution in [1.82, 2.24) is 9.62 Å². The topological polar surface area (TPSA) is 69.7 Å². The van der Waals surface area contributed by atoms with Crippen molar-refractivity contribution >= 4 is 21.6 Å². The summed E-state index contributed by atoms with van der Waals surface area (Å²) >= 11 is 0. The molecule has 0 saturated carbocycles. The van der Waals surface area contributed by atoms with E-state index in [0.717, 1.165) is 5.69 Å². The molecule has 0 spiro atoms. The summed E-state index contributed by atoms with van der Waals surface area (Å²) in [5.41, 5.74) is 1.02. The summed E-state index contributed by atoms with van der Waals surface area (Å²) in [5, 5.41) is 2.71. The monoisotopic (exact) mass is 367 g/mol. The van der Waals surface area contributed by atoms with Crippen LogP contribution in [0.1, 0.15) is 27.2 Å². The maximum absolute atomic E-state index is 12.5. The average molecular weight is 368 g/mol. The lowest BCUT2D eigenvalue weighted by Gasteiger charge is -2.35. The van der Waals surface area contributed by atoms with Gasteiger partial charge in [0.15, 0.2) is 0 Å². The van der Waals surface area contributed by atoms with Crippen LogP contribution in [0.3, 0.4) is 0 Å². The van der Waals surface area contributed by atoms with Gasteiger partial charge >= 0.3 is 0 Å². The van der Waals surface area contributed by atoms with Crippen LogP contribution in [0.4, 0.5) is 5.69 Å². The van der Waals surface area contributed by atoms with Crippen LogP contribution in [-0.4, -0.2) is 57.1 Å². The fourth-order valence-corrected chi connectivity index (χ4v) is 4.19. The quantitative estimate of drug-likeness (QED) is 0.831. The highest BCUT2D eigenvalue weighted by Crippen LogP contribution is 2.18. The first-order valence-electron chi connectivity index (χ1n) is 8.72. The van der Waals surface area contributed by atoms with E-state index in [1.165, 1.54) is 4.31 Å². The molecule has 0 radical (unpaired) electrons. The highest BCUT2D eigenvalue weighted by Gasteiger charge is 2.27. The van der Waals surface area contributed by atoms with Gasteiger partial charge < -0.3 is 10.2 Å². The number of para-hydroxylation sites is 1. The van der Waals surface area contributed by atoms with Crippen molar-refractivity contribution in [3.8, 4) is 0 Å². The number of rotatable bonds is 6. The smallest absolute Gasteiger partial charge is 0.220 e. The Kier molecular flexibility index (Phi) is 6.46. The minimum atomic E-state index is -3.34. The Bertz CT molecular complexity index is 661. The minimum absolute atomic E-state index is 0.0474. The van der Waals surface area contributed by atoms with E-state index in [9.17, 15) is 13.2 Å². The van der Waals surface area contributed by atoms with E-state index in [1.807, 2.05) is 51.1 Å². The molecule has 0 unspecified atom stereocenters. The number of hydrogen-bond acceptors (Lipinski definition) is 4. The maximum Gasteiger partial charge on any atom is 0.220 e. The fourth-order valence-electron chi connectivity index (χ4n) is 2.86. The number of carbonyl (C=O) groups is 1. The summed E-state index contributed by atoms with van der Waals surface area (Å²) in [6.07, 6.45) is 0.392. The van der Waals surface area contributed by atoms with Gasteiger partial charge in [-0.2, -0.15) is 4.31 Å². The standard InChI is InChI=1S/C18H29N3O3S/c1-18(2,3)15-17(22)19-9-14-25(23,24)21-12-10-20(11-13-21)16-7-5-4-6-8-16/h4-8H,9-15H2,1-3H3,(H,19,22). The Balaban J connectivity index is 1.78. The average Bonchev–Trinajstić information content (AvgIpc) is 2.54. The Labute approximate surface area is 151 Å². The van der Waals surface area contributed by atoms with E-state index >= 15 is 0 Å². The molecule has 2 rings (SSSR count). The van der Waals surface area contributed by atoms with Crippen LogP contribution < -0.4 is 10.2 Å². The molecule has 1 heterocycles. The second-order valence-corrected chi connectivity index (χ2v) is 9.71. The van der Waals surface area contributed by atoms with Gasteiger partial charge in [-0.05, 0) is 17.5 Å². The molecule has 0 atom stereocenters. The van der Waals surface area contributed by atoms with Crippen molar-refractivity contribution in [3.63, 3.8) is 0 Å². The van der Waals surface area contributed by atoms with Gasteiger partial charge in [-0.3, -0.25) is 4.79 Å². The number of sulfonamides is 1. The molecule has 1 aliphatic heterocycles. The number of amides is 1. The van der Waals surface area contributed by atoms with Crippen molar-refractivity contribution in [2.45, 2.75) is 27.2 Å². The lowest BCUT2D eigenvalue weighted by Crippen LogP contribution is -2.50. The number of benzene rings is 1. The molecule has 7 heteroatoms. The van der Waals surface area contributed by atoms with Gasteiger partial charge in [0.05, 0.1) is 5.75 Å². The van der Waals surface area contributed by atoms with E-state index in [0.29, 0.717) is 32.6 Å². The summed E-state index contributed by atoms with van der Waals surface area (Å²) in [6.45, 7) is 8.43. The first-order chi connectivity index (χ1) is 11.7. The first kappa shape index (κ1) is 19.7. The lowest BCUT2D eigenvalue weighted by atomic mass is 9.92. The number of carbonyl (C=O) groups excluding carboxylic acids is 1. The van der Waals surface area contributed by atoms with Gasteiger partial charge in [0.1, 0.15) is 0 Å².